The number of hydrogen-bond acceptors (Lipinski definition) is 4. The van der Waals surface area contributed by atoms with Gasteiger partial charge in [-0.1, -0.05) is 0 Å². The molecule has 0 fully saturated rings. The molecule has 0 heterocycles. The molecule has 0 saturated heterocycles. The van der Waals surface area contributed by atoms with Crippen LogP contribution in [0.1, 0.15) is 13.3 Å². The highest BCUT2D eigenvalue weighted by Gasteiger charge is 2.23. The lowest BCUT2D eigenvalue weighted by Crippen LogP contribution is -2.31. The molecule has 0 rings (SSSR count). The van der Waals surface area contributed by atoms with E-state index < -0.39 is 30.6 Å². The van der Waals surface area contributed by atoms with E-state index in [1.165, 1.54) is 6.92 Å². The van der Waals surface area contributed by atoms with Gasteiger partial charge in [0.25, 0.3) is 0 Å². The first-order valence-corrected chi connectivity index (χ1v) is 3.68. The van der Waals surface area contributed by atoms with Gasteiger partial charge in [0.2, 0.25) is 0 Å². The highest BCUT2D eigenvalue weighted by Crippen LogP contribution is 2.03. The minimum Gasteiger partial charge on any atom is -0.481 e. The Hall–Kier alpha value is -1.14. The fourth-order valence-corrected chi connectivity index (χ4v) is 0.676. The van der Waals surface area contributed by atoms with Gasteiger partial charge in [-0.15, -0.1) is 0 Å². The van der Waals surface area contributed by atoms with Crippen molar-refractivity contribution >= 4 is 11.9 Å². The number of carboxylic acids is 2. The van der Waals surface area contributed by atoms with Gasteiger partial charge in [-0.25, -0.2) is 4.79 Å². The van der Waals surface area contributed by atoms with Crippen molar-refractivity contribution in [2.45, 2.75) is 25.6 Å². The number of aliphatic carboxylic acids is 2. The molecule has 6 nitrogen and oxygen atoms in total. The maximum atomic E-state index is 10.4. The number of ether oxygens (including phenoxy) is 1. The first-order chi connectivity index (χ1) is 5.97. The van der Waals surface area contributed by atoms with Crippen LogP contribution in [0.4, 0.5) is 0 Å². The number of carbonyl (C=O) groups is 2. The molecule has 2 unspecified atom stereocenters. The fraction of sp³-hybridized carbons (Fsp3) is 0.714. The minimum atomic E-state index is -1.40. The van der Waals surface area contributed by atoms with Crippen LogP contribution in [-0.4, -0.2) is 46.1 Å². The smallest absolute Gasteiger partial charge is 0.333 e. The molecule has 2 atom stereocenters. The van der Waals surface area contributed by atoms with E-state index in [4.69, 9.17) is 20.1 Å². The second-order valence-corrected chi connectivity index (χ2v) is 2.55. The van der Waals surface area contributed by atoms with E-state index in [2.05, 4.69) is 0 Å². The number of hydrogen-bond donors (Lipinski definition) is 3. The summed E-state index contributed by atoms with van der Waals surface area (Å²) in [6, 6.07) is 0. The zero-order valence-corrected chi connectivity index (χ0v) is 7.14. The normalized spacial score (nSPS) is 14.9. The minimum absolute atomic E-state index is 0.344. The SMILES string of the molecule is CC(CO)OC(CC(=O)O)C(=O)O. The molecule has 0 spiro atoms. The van der Waals surface area contributed by atoms with Crippen molar-refractivity contribution in [1.29, 1.82) is 0 Å². The molecule has 0 radical (unpaired) electrons. The summed E-state index contributed by atoms with van der Waals surface area (Å²) in [5.41, 5.74) is 0. The lowest BCUT2D eigenvalue weighted by molar-refractivity contribution is -0.161. The maximum absolute atomic E-state index is 10.4. The highest BCUT2D eigenvalue weighted by molar-refractivity contribution is 5.79. The number of carboxylic acid groups (broad SMARTS) is 2. The van der Waals surface area contributed by atoms with E-state index in [-0.39, 0.29) is 6.61 Å². The molecule has 0 saturated carbocycles. The topological polar surface area (TPSA) is 104 Å². The first kappa shape index (κ1) is 11.9. The van der Waals surface area contributed by atoms with Gasteiger partial charge in [-0.3, -0.25) is 4.79 Å². The Morgan fingerprint density at radius 3 is 2.23 bits per heavy atom. The average molecular weight is 192 g/mol. The van der Waals surface area contributed by atoms with Gasteiger partial charge in [0.15, 0.2) is 6.10 Å². The molecule has 0 bridgehead atoms. The van der Waals surface area contributed by atoms with Crippen molar-refractivity contribution in [3.8, 4) is 0 Å². The van der Waals surface area contributed by atoms with E-state index in [0.29, 0.717) is 0 Å². The van der Waals surface area contributed by atoms with Crippen molar-refractivity contribution in [1.82, 2.24) is 0 Å². The van der Waals surface area contributed by atoms with Gasteiger partial charge in [0.05, 0.1) is 19.1 Å². The maximum Gasteiger partial charge on any atom is 0.333 e. The van der Waals surface area contributed by atoms with Crippen LogP contribution in [0.5, 0.6) is 0 Å². The Morgan fingerprint density at radius 1 is 1.38 bits per heavy atom. The Bertz CT molecular complexity index is 189. The summed E-state index contributed by atoms with van der Waals surface area (Å²) in [5, 5.41) is 25.3. The van der Waals surface area contributed by atoms with Crippen molar-refractivity contribution in [2.75, 3.05) is 6.61 Å². The van der Waals surface area contributed by atoms with Crippen LogP contribution in [0.2, 0.25) is 0 Å². The van der Waals surface area contributed by atoms with Gasteiger partial charge in [-0.05, 0) is 6.92 Å². The molecule has 0 aliphatic heterocycles. The van der Waals surface area contributed by atoms with Crippen LogP contribution in [0, 0.1) is 0 Å². The predicted molar refractivity (Wildman–Crippen MR) is 41.3 cm³/mol. The molecule has 76 valence electrons. The number of rotatable bonds is 6. The zero-order valence-electron chi connectivity index (χ0n) is 7.14. The zero-order chi connectivity index (χ0) is 10.4. The molecule has 0 aliphatic rings. The Balaban J connectivity index is 4.10. The summed E-state index contributed by atoms with van der Waals surface area (Å²) < 4.78 is 4.74. The largest absolute Gasteiger partial charge is 0.481 e. The molecule has 0 aromatic heterocycles. The molecular weight excluding hydrogens is 180 g/mol. The molecule has 6 heteroatoms. The van der Waals surface area contributed by atoms with Gasteiger partial charge >= 0.3 is 11.9 Å². The van der Waals surface area contributed by atoms with Gasteiger partial charge < -0.3 is 20.1 Å². The van der Waals surface area contributed by atoms with Gasteiger partial charge in [0.1, 0.15) is 0 Å². The third kappa shape index (κ3) is 5.15. The van der Waals surface area contributed by atoms with Gasteiger partial charge in [0, 0.05) is 0 Å². The van der Waals surface area contributed by atoms with Gasteiger partial charge in [-0.2, -0.15) is 0 Å². The molecule has 13 heavy (non-hydrogen) atoms. The summed E-state index contributed by atoms with van der Waals surface area (Å²) in [7, 11) is 0. The monoisotopic (exact) mass is 192 g/mol. The van der Waals surface area contributed by atoms with Crippen LogP contribution < -0.4 is 0 Å². The second-order valence-electron chi connectivity index (χ2n) is 2.55. The highest BCUT2D eigenvalue weighted by atomic mass is 16.5. The van der Waals surface area contributed by atoms with E-state index in [9.17, 15) is 9.59 Å². The number of aliphatic hydroxyl groups is 1. The summed E-state index contributed by atoms with van der Waals surface area (Å²) >= 11 is 0. The summed E-state index contributed by atoms with van der Waals surface area (Å²) in [6.45, 7) is 1.11. The predicted octanol–water partition coefficient (Wildman–Crippen LogP) is -0.688. The standard InChI is InChI=1S/C7H12O6/c1-4(3-8)13-5(7(11)12)2-6(9)10/h4-5,8H,2-3H2,1H3,(H,9,10)(H,11,12). The number of aliphatic hydroxyl groups excluding tert-OH is 1. The van der Waals surface area contributed by atoms with E-state index in [1.54, 1.807) is 0 Å². The van der Waals surface area contributed by atoms with Crippen molar-refractivity contribution < 1.29 is 29.6 Å². The van der Waals surface area contributed by atoms with Crippen LogP contribution in [0.25, 0.3) is 0 Å². The second kappa shape index (κ2) is 5.50. The third-order valence-corrected chi connectivity index (χ3v) is 1.29. The van der Waals surface area contributed by atoms with Crippen LogP contribution in [-0.2, 0) is 14.3 Å². The summed E-state index contributed by atoms with van der Waals surface area (Å²) in [5.74, 6) is -2.60. The Morgan fingerprint density at radius 2 is 1.92 bits per heavy atom. The van der Waals surface area contributed by atoms with Crippen molar-refractivity contribution in [3.63, 3.8) is 0 Å². The van der Waals surface area contributed by atoms with Crippen molar-refractivity contribution in [2.24, 2.45) is 0 Å². The molecule has 0 aromatic rings. The molecule has 3 N–H and O–H groups in total. The van der Waals surface area contributed by atoms with Crippen molar-refractivity contribution in [3.05, 3.63) is 0 Å². The first-order valence-electron chi connectivity index (χ1n) is 3.68. The average Bonchev–Trinajstić information content (AvgIpc) is 2.02. The molecular formula is C7H12O6. The lowest BCUT2D eigenvalue weighted by Gasteiger charge is -2.15. The Labute approximate surface area is 74.7 Å². The summed E-state index contributed by atoms with van der Waals surface area (Å²) in [6.07, 6.45) is -2.69. The lowest BCUT2D eigenvalue weighted by atomic mass is 10.2. The molecule has 0 aromatic carbocycles. The fourth-order valence-electron chi connectivity index (χ4n) is 0.676. The third-order valence-electron chi connectivity index (χ3n) is 1.29. The van der Waals surface area contributed by atoms with Crippen LogP contribution in [0.3, 0.4) is 0 Å². The van der Waals surface area contributed by atoms with E-state index >= 15 is 0 Å². The molecule has 0 aliphatic carbocycles. The summed E-state index contributed by atoms with van der Waals surface area (Å²) in [4.78, 5) is 20.6. The van der Waals surface area contributed by atoms with Crippen LogP contribution >= 0.6 is 0 Å². The Kier molecular flexibility index (Phi) is 5.01. The van der Waals surface area contributed by atoms with Crippen LogP contribution in [0.15, 0.2) is 0 Å². The molecule has 0 amide bonds. The quantitative estimate of drug-likeness (QED) is 0.514. The van der Waals surface area contributed by atoms with E-state index in [1.807, 2.05) is 0 Å². The van der Waals surface area contributed by atoms with E-state index in [0.717, 1.165) is 0 Å².